The van der Waals surface area contributed by atoms with E-state index in [-0.39, 0.29) is 0 Å². The fourth-order valence-electron chi connectivity index (χ4n) is 2.14. The number of nitrogens with zero attached hydrogens (tertiary/aromatic N) is 1. The van der Waals surface area contributed by atoms with Gasteiger partial charge in [0.05, 0.1) is 6.10 Å². The molecule has 15 heavy (non-hydrogen) atoms. The van der Waals surface area contributed by atoms with Crippen molar-refractivity contribution >= 4 is 11.6 Å². The molecule has 0 aromatic rings. The summed E-state index contributed by atoms with van der Waals surface area (Å²) in [6.45, 7) is 6.62. The smallest absolute Gasteiger partial charge is 0.0599 e. The molecule has 0 radical (unpaired) electrons. The van der Waals surface area contributed by atoms with Crippen LogP contribution in [0.3, 0.4) is 0 Å². The Kier molecular flexibility index (Phi) is 7.41. The van der Waals surface area contributed by atoms with Gasteiger partial charge in [-0.2, -0.15) is 0 Å². The maximum Gasteiger partial charge on any atom is 0.0599 e. The summed E-state index contributed by atoms with van der Waals surface area (Å²) in [5, 5.41) is 0. The maximum absolute atomic E-state index is 5.65. The highest BCUT2D eigenvalue weighted by Crippen LogP contribution is 2.14. The molecule has 0 unspecified atom stereocenters. The molecular formula is C12H24ClNO. The van der Waals surface area contributed by atoms with Crippen molar-refractivity contribution in [1.29, 1.82) is 0 Å². The lowest BCUT2D eigenvalue weighted by molar-refractivity contribution is 0.0140. The van der Waals surface area contributed by atoms with Crippen LogP contribution in [0.4, 0.5) is 0 Å². The van der Waals surface area contributed by atoms with Crippen LogP contribution in [0.5, 0.6) is 0 Å². The normalized spacial score (nSPS) is 19.6. The average molecular weight is 234 g/mol. The largest absolute Gasteiger partial charge is 0.378 e. The lowest BCUT2D eigenvalue weighted by Crippen LogP contribution is -2.37. The molecule has 0 amide bonds. The highest BCUT2D eigenvalue weighted by atomic mass is 35.5. The molecule has 1 rings (SSSR count). The maximum atomic E-state index is 5.65. The Hall–Kier alpha value is 0.210. The van der Waals surface area contributed by atoms with Gasteiger partial charge in [-0.05, 0) is 39.2 Å². The molecule has 0 saturated carbocycles. The van der Waals surface area contributed by atoms with Gasteiger partial charge in [0.2, 0.25) is 0 Å². The topological polar surface area (TPSA) is 12.5 Å². The van der Waals surface area contributed by atoms with Crippen molar-refractivity contribution in [2.24, 2.45) is 0 Å². The molecule has 90 valence electrons. The Morgan fingerprint density at radius 2 is 1.93 bits per heavy atom. The third-order valence-corrected chi connectivity index (χ3v) is 3.31. The van der Waals surface area contributed by atoms with Gasteiger partial charge in [0.15, 0.2) is 0 Å². The standard InChI is InChI=1S/C12H24ClNO/c1-2-15-12-6-10-14(11-7-12)9-5-3-4-8-13/h12H,2-11H2,1H3. The van der Waals surface area contributed by atoms with Gasteiger partial charge in [-0.1, -0.05) is 6.42 Å². The number of rotatable bonds is 7. The van der Waals surface area contributed by atoms with Crippen molar-refractivity contribution in [3.8, 4) is 0 Å². The first-order chi connectivity index (χ1) is 7.36. The van der Waals surface area contributed by atoms with Gasteiger partial charge in [0.25, 0.3) is 0 Å². The van der Waals surface area contributed by atoms with Gasteiger partial charge in [-0.3, -0.25) is 0 Å². The van der Waals surface area contributed by atoms with E-state index in [1.54, 1.807) is 0 Å². The van der Waals surface area contributed by atoms with Crippen LogP contribution in [0.15, 0.2) is 0 Å². The van der Waals surface area contributed by atoms with E-state index >= 15 is 0 Å². The minimum Gasteiger partial charge on any atom is -0.378 e. The number of hydrogen-bond acceptors (Lipinski definition) is 2. The molecule has 1 aliphatic rings. The Balaban J connectivity index is 1.99. The number of alkyl halides is 1. The van der Waals surface area contributed by atoms with E-state index in [0.717, 1.165) is 18.9 Å². The van der Waals surface area contributed by atoms with Gasteiger partial charge in [-0.25, -0.2) is 0 Å². The van der Waals surface area contributed by atoms with Crippen molar-refractivity contribution < 1.29 is 4.74 Å². The van der Waals surface area contributed by atoms with Crippen LogP contribution in [-0.2, 0) is 4.74 Å². The molecule has 0 atom stereocenters. The van der Waals surface area contributed by atoms with E-state index in [9.17, 15) is 0 Å². The Bertz CT molecular complexity index is 144. The molecule has 1 saturated heterocycles. The molecule has 0 bridgehead atoms. The van der Waals surface area contributed by atoms with E-state index in [4.69, 9.17) is 16.3 Å². The van der Waals surface area contributed by atoms with Gasteiger partial charge in [-0.15, -0.1) is 11.6 Å². The molecule has 0 aromatic heterocycles. The summed E-state index contributed by atoms with van der Waals surface area (Å²) in [5.41, 5.74) is 0. The molecule has 1 fully saturated rings. The van der Waals surface area contributed by atoms with E-state index in [2.05, 4.69) is 11.8 Å². The second kappa shape index (κ2) is 8.37. The van der Waals surface area contributed by atoms with Crippen molar-refractivity contribution in [1.82, 2.24) is 4.90 Å². The molecular weight excluding hydrogens is 210 g/mol. The van der Waals surface area contributed by atoms with Crippen LogP contribution >= 0.6 is 11.6 Å². The Morgan fingerprint density at radius 1 is 1.20 bits per heavy atom. The second-order valence-corrected chi connectivity index (χ2v) is 4.62. The van der Waals surface area contributed by atoms with Crippen LogP contribution in [0.1, 0.15) is 39.0 Å². The molecule has 0 spiro atoms. The summed E-state index contributed by atoms with van der Waals surface area (Å²) in [6.07, 6.45) is 6.68. The van der Waals surface area contributed by atoms with Gasteiger partial charge in [0.1, 0.15) is 0 Å². The molecule has 3 heteroatoms. The summed E-state index contributed by atoms with van der Waals surface area (Å²) >= 11 is 5.65. The molecule has 1 heterocycles. The van der Waals surface area contributed by atoms with Gasteiger partial charge < -0.3 is 9.64 Å². The first-order valence-corrected chi connectivity index (χ1v) is 6.80. The van der Waals surface area contributed by atoms with E-state index < -0.39 is 0 Å². The zero-order valence-electron chi connectivity index (χ0n) is 9.88. The van der Waals surface area contributed by atoms with E-state index in [0.29, 0.717) is 6.10 Å². The number of likely N-dealkylation sites (tertiary alicyclic amines) is 1. The van der Waals surface area contributed by atoms with Crippen LogP contribution in [0.2, 0.25) is 0 Å². The molecule has 0 N–H and O–H groups in total. The fraction of sp³-hybridized carbons (Fsp3) is 1.00. The van der Waals surface area contributed by atoms with Gasteiger partial charge >= 0.3 is 0 Å². The zero-order valence-corrected chi connectivity index (χ0v) is 10.6. The monoisotopic (exact) mass is 233 g/mol. The van der Waals surface area contributed by atoms with E-state index in [1.165, 1.54) is 45.3 Å². The summed E-state index contributed by atoms with van der Waals surface area (Å²) < 4.78 is 5.63. The van der Waals surface area contributed by atoms with Crippen LogP contribution in [0, 0.1) is 0 Å². The van der Waals surface area contributed by atoms with Crippen LogP contribution < -0.4 is 0 Å². The molecule has 0 aromatic carbocycles. The van der Waals surface area contributed by atoms with Crippen molar-refractivity contribution in [2.75, 3.05) is 32.1 Å². The summed E-state index contributed by atoms with van der Waals surface area (Å²) in [6, 6.07) is 0. The average Bonchev–Trinajstić information content (AvgIpc) is 2.27. The number of piperidine rings is 1. The molecule has 2 nitrogen and oxygen atoms in total. The predicted octanol–water partition coefficient (Wildman–Crippen LogP) is 2.90. The number of unbranched alkanes of at least 4 members (excludes halogenated alkanes) is 2. The predicted molar refractivity (Wildman–Crippen MR) is 65.7 cm³/mol. The fourth-order valence-corrected chi connectivity index (χ4v) is 2.33. The van der Waals surface area contributed by atoms with E-state index in [1.807, 2.05) is 0 Å². The second-order valence-electron chi connectivity index (χ2n) is 4.25. The van der Waals surface area contributed by atoms with Gasteiger partial charge in [0, 0.05) is 25.6 Å². The number of halogens is 1. The lowest BCUT2D eigenvalue weighted by atomic mass is 10.1. The van der Waals surface area contributed by atoms with Crippen LogP contribution in [-0.4, -0.2) is 43.1 Å². The first kappa shape index (κ1) is 13.3. The minimum absolute atomic E-state index is 0.522. The first-order valence-electron chi connectivity index (χ1n) is 6.26. The highest BCUT2D eigenvalue weighted by Gasteiger charge is 2.18. The quantitative estimate of drug-likeness (QED) is 0.495. The van der Waals surface area contributed by atoms with Crippen molar-refractivity contribution in [2.45, 2.75) is 45.1 Å². The van der Waals surface area contributed by atoms with Crippen molar-refractivity contribution in [3.63, 3.8) is 0 Å². The number of ether oxygens (including phenoxy) is 1. The Labute approximate surface area is 98.9 Å². The highest BCUT2D eigenvalue weighted by molar-refractivity contribution is 6.17. The molecule has 1 aliphatic heterocycles. The molecule has 0 aliphatic carbocycles. The third kappa shape index (κ3) is 5.74. The zero-order chi connectivity index (χ0) is 10.9. The minimum atomic E-state index is 0.522. The Morgan fingerprint density at radius 3 is 2.53 bits per heavy atom. The number of hydrogen-bond donors (Lipinski definition) is 0. The summed E-state index contributed by atoms with van der Waals surface area (Å²) in [7, 11) is 0. The third-order valence-electron chi connectivity index (χ3n) is 3.04. The van der Waals surface area contributed by atoms with Crippen molar-refractivity contribution in [3.05, 3.63) is 0 Å². The van der Waals surface area contributed by atoms with Crippen LogP contribution in [0.25, 0.3) is 0 Å². The lowest BCUT2D eigenvalue weighted by Gasteiger charge is -2.31. The summed E-state index contributed by atoms with van der Waals surface area (Å²) in [4.78, 5) is 2.56. The summed E-state index contributed by atoms with van der Waals surface area (Å²) in [5.74, 6) is 0.812. The SMILES string of the molecule is CCOC1CCN(CCCCCCl)CC1.